The van der Waals surface area contributed by atoms with Gasteiger partial charge >= 0.3 is 6.09 Å². The zero-order valence-electron chi connectivity index (χ0n) is 17.5. The standard InChI is InChI=1S/C25H29NO3/c1-25(2,3)29-24(28)26-18-10-11-19(26)14-17(13-18)23(27)21-12-9-16-8-7-15-5-4-6-20(21)22(15)16/h4-6,9,12,17-19H,7-8,10-11,13-14H2,1-3H3. The third-order valence-electron chi connectivity index (χ3n) is 6.85. The fraction of sp³-hybridized carbons (Fsp3) is 0.520. The zero-order chi connectivity index (χ0) is 20.3. The molecule has 0 saturated carbocycles. The summed E-state index contributed by atoms with van der Waals surface area (Å²) in [5, 5.41) is 2.41. The van der Waals surface area contributed by atoms with E-state index in [1.165, 1.54) is 16.5 Å². The van der Waals surface area contributed by atoms with Gasteiger partial charge in [-0.2, -0.15) is 0 Å². The third-order valence-corrected chi connectivity index (χ3v) is 6.85. The molecular formula is C25H29NO3. The molecule has 2 fully saturated rings. The number of nitrogens with zero attached hydrogens (tertiary/aromatic N) is 1. The average molecular weight is 392 g/mol. The van der Waals surface area contributed by atoms with E-state index >= 15 is 0 Å². The molecule has 2 aromatic carbocycles. The van der Waals surface area contributed by atoms with Crippen molar-refractivity contribution in [1.82, 2.24) is 4.90 Å². The van der Waals surface area contributed by atoms with Gasteiger partial charge in [-0.25, -0.2) is 4.79 Å². The van der Waals surface area contributed by atoms with Gasteiger partial charge in [0.1, 0.15) is 5.60 Å². The van der Waals surface area contributed by atoms with E-state index in [0.29, 0.717) is 0 Å². The molecule has 4 nitrogen and oxygen atoms in total. The third kappa shape index (κ3) is 3.13. The Bertz CT molecular complexity index is 979. The van der Waals surface area contributed by atoms with E-state index in [9.17, 15) is 9.59 Å². The Morgan fingerprint density at radius 2 is 1.62 bits per heavy atom. The van der Waals surface area contributed by atoms with E-state index in [1.54, 1.807) is 0 Å². The van der Waals surface area contributed by atoms with Crippen molar-refractivity contribution >= 4 is 22.6 Å². The lowest BCUT2D eigenvalue weighted by molar-refractivity contribution is 0.00255. The molecule has 4 heteroatoms. The van der Waals surface area contributed by atoms with Crippen molar-refractivity contribution in [2.45, 2.75) is 77.0 Å². The van der Waals surface area contributed by atoms with Crippen molar-refractivity contribution in [3.8, 4) is 0 Å². The molecule has 2 aliphatic heterocycles. The van der Waals surface area contributed by atoms with E-state index in [2.05, 4.69) is 24.3 Å². The fourth-order valence-corrected chi connectivity index (χ4v) is 5.69. The van der Waals surface area contributed by atoms with Crippen LogP contribution in [-0.2, 0) is 17.6 Å². The quantitative estimate of drug-likeness (QED) is 0.653. The summed E-state index contributed by atoms with van der Waals surface area (Å²) in [6.45, 7) is 5.70. The maximum atomic E-state index is 13.5. The second-order valence-electron chi connectivity index (χ2n) is 9.92. The van der Waals surface area contributed by atoms with Gasteiger partial charge in [-0.1, -0.05) is 30.3 Å². The molecule has 0 spiro atoms. The Morgan fingerprint density at radius 3 is 2.28 bits per heavy atom. The first-order valence-corrected chi connectivity index (χ1v) is 10.9. The SMILES string of the molecule is CC(C)(C)OC(=O)N1C2CCC1CC(C(=O)c1ccc3c4c(cccc14)CC3)C2. The molecule has 0 radical (unpaired) electrons. The van der Waals surface area contributed by atoms with Crippen molar-refractivity contribution in [3.05, 3.63) is 47.0 Å². The predicted molar refractivity (Wildman–Crippen MR) is 113 cm³/mol. The van der Waals surface area contributed by atoms with E-state index < -0.39 is 5.60 Å². The smallest absolute Gasteiger partial charge is 0.410 e. The van der Waals surface area contributed by atoms with Crippen molar-refractivity contribution in [3.63, 3.8) is 0 Å². The summed E-state index contributed by atoms with van der Waals surface area (Å²) in [6.07, 6.45) is 5.36. The number of aryl methyl sites for hydroxylation is 2. The number of hydrogen-bond donors (Lipinski definition) is 0. The number of fused-ring (bicyclic) bond motifs is 2. The van der Waals surface area contributed by atoms with E-state index in [1.807, 2.05) is 31.7 Å². The van der Waals surface area contributed by atoms with Crippen LogP contribution in [0.25, 0.3) is 10.8 Å². The van der Waals surface area contributed by atoms with Crippen LogP contribution >= 0.6 is 0 Å². The van der Waals surface area contributed by atoms with Crippen LogP contribution in [-0.4, -0.2) is 34.5 Å². The first-order chi connectivity index (χ1) is 13.8. The second-order valence-corrected chi connectivity index (χ2v) is 9.92. The van der Waals surface area contributed by atoms with E-state index in [-0.39, 0.29) is 29.9 Å². The number of ether oxygens (including phenoxy) is 1. The van der Waals surface area contributed by atoms with Crippen LogP contribution in [0.1, 0.15) is 67.9 Å². The van der Waals surface area contributed by atoms with Crippen LogP contribution in [0.2, 0.25) is 0 Å². The summed E-state index contributed by atoms with van der Waals surface area (Å²) in [7, 11) is 0. The van der Waals surface area contributed by atoms with Gasteiger partial charge in [-0.15, -0.1) is 0 Å². The van der Waals surface area contributed by atoms with Crippen LogP contribution in [0.15, 0.2) is 30.3 Å². The Balaban J connectivity index is 1.40. The molecule has 1 amide bonds. The van der Waals surface area contributed by atoms with Crippen LogP contribution < -0.4 is 0 Å². The Labute approximate surface area is 172 Å². The van der Waals surface area contributed by atoms with Crippen molar-refractivity contribution in [1.29, 1.82) is 0 Å². The Hall–Kier alpha value is -2.36. The highest BCUT2D eigenvalue weighted by molar-refractivity contribution is 6.11. The summed E-state index contributed by atoms with van der Waals surface area (Å²) in [5.74, 6) is 0.242. The molecule has 2 saturated heterocycles. The number of ketones is 1. The maximum Gasteiger partial charge on any atom is 0.410 e. The molecule has 2 bridgehead atoms. The number of carbonyl (C=O) groups is 2. The topological polar surface area (TPSA) is 46.6 Å². The largest absolute Gasteiger partial charge is 0.444 e. The van der Waals surface area contributed by atoms with Crippen molar-refractivity contribution in [2.24, 2.45) is 5.92 Å². The normalized spacial score (nSPS) is 25.5. The molecule has 2 heterocycles. The van der Waals surface area contributed by atoms with Crippen molar-refractivity contribution < 1.29 is 14.3 Å². The number of carbonyl (C=O) groups excluding carboxylic acids is 2. The second kappa shape index (κ2) is 6.58. The van der Waals surface area contributed by atoms with Gasteiger partial charge in [0.15, 0.2) is 5.78 Å². The molecule has 152 valence electrons. The number of benzene rings is 2. The van der Waals surface area contributed by atoms with E-state index in [4.69, 9.17) is 4.74 Å². The molecule has 5 rings (SSSR count). The van der Waals surface area contributed by atoms with Gasteiger partial charge in [0, 0.05) is 23.6 Å². The predicted octanol–water partition coefficient (Wildman–Crippen LogP) is 5.30. The highest BCUT2D eigenvalue weighted by atomic mass is 16.6. The number of piperidine rings is 1. The molecule has 1 aliphatic carbocycles. The zero-order valence-corrected chi connectivity index (χ0v) is 17.5. The van der Waals surface area contributed by atoms with Gasteiger partial charge in [0.25, 0.3) is 0 Å². The highest BCUT2D eigenvalue weighted by Crippen LogP contribution is 2.42. The fourth-order valence-electron chi connectivity index (χ4n) is 5.69. The number of hydrogen-bond acceptors (Lipinski definition) is 3. The molecule has 0 N–H and O–H groups in total. The van der Waals surface area contributed by atoms with E-state index in [0.717, 1.165) is 49.5 Å². The van der Waals surface area contributed by atoms with Gasteiger partial charge in [-0.3, -0.25) is 4.79 Å². The van der Waals surface area contributed by atoms with Crippen LogP contribution in [0, 0.1) is 5.92 Å². The molecule has 2 aromatic rings. The number of Topliss-reactive ketones (excluding diaryl/α,β-unsaturated/α-hetero) is 1. The molecule has 29 heavy (non-hydrogen) atoms. The van der Waals surface area contributed by atoms with Gasteiger partial charge in [-0.05, 0) is 81.2 Å². The summed E-state index contributed by atoms with van der Waals surface area (Å²) in [4.78, 5) is 28.2. The van der Waals surface area contributed by atoms with Crippen LogP contribution in [0.5, 0.6) is 0 Å². The lowest BCUT2D eigenvalue weighted by Crippen LogP contribution is -2.49. The van der Waals surface area contributed by atoms with Gasteiger partial charge in [0.2, 0.25) is 0 Å². The maximum absolute atomic E-state index is 13.5. The monoisotopic (exact) mass is 391 g/mol. The minimum absolute atomic E-state index is 0.00959. The molecule has 3 aliphatic rings. The average Bonchev–Trinajstić information content (AvgIpc) is 3.20. The molecule has 2 atom stereocenters. The summed E-state index contributed by atoms with van der Waals surface area (Å²) < 4.78 is 5.63. The minimum Gasteiger partial charge on any atom is -0.444 e. The van der Waals surface area contributed by atoms with Crippen molar-refractivity contribution in [2.75, 3.05) is 0 Å². The Morgan fingerprint density at radius 1 is 0.966 bits per heavy atom. The summed E-state index contributed by atoms with van der Waals surface area (Å²) in [5.41, 5.74) is 3.11. The van der Waals surface area contributed by atoms with Gasteiger partial charge in [0.05, 0.1) is 0 Å². The first-order valence-electron chi connectivity index (χ1n) is 10.9. The van der Waals surface area contributed by atoms with Crippen LogP contribution in [0.3, 0.4) is 0 Å². The highest BCUT2D eigenvalue weighted by Gasteiger charge is 2.46. The van der Waals surface area contributed by atoms with Gasteiger partial charge < -0.3 is 9.64 Å². The number of amides is 1. The summed E-state index contributed by atoms with van der Waals surface area (Å²) in [6, 6.07) is 10.8. The molecule has 2 unspecified atom stereocenters. The first kappa shape index (κ1) is 18.7. The Kier molecular flexibility index (Phi) is 4.23. The van der Waals surface area contributed by atoms with Crippen LogP contribution in [0.4, 0.5) is 4.79 Å². The lowest BCUT2D eigenvalue weighted by Gasteiger charge is -2.39. The molecular weight excluding hydrogens is 362 g/mol. The lowest BCUT2D eigenvalue weighted by atomic mass is 9.83. The summed E-state index contributed by atoms with van der Waals surface area (Å²) >= 11 is 0. The number of rotatable bonds is 2. The molecule has 0 aromatic heterocycles. The minimum atomic E-state index is -0.492.